The highest BCUT2D eigenvalue weighted by molar-refractivity contribution is 5.95. The molecule has 1 aliphatic heterocycles. The molecule has 1 saturated heterocycles. The van der Waals surface area contributed by atoms with Gasteiger partial charge in [0.15, 0.2) is 0 Å². The second-order valence-corrected chi connectivity index (χ2v) is 5.98. The molecule has 5 heteroatoms. The quantitative estimate of drug-likeness (QED) is 0.814. The SMILES string of the molecule is C=CC(=O)N1CCN(C(=O)c2cccc(-n3cccc3)c2)C[C@H]1C. The van der Waals surface area contributed by atoms with Crippen molar-refractivity contribution in [1.29, 1.82) is 0 Å². The Morgan fingerprint density at radius 3 is 2.58 bits per heavy atom. The summed E-state index contributed by atoms with van der Waals surface area (Å²) in [5, 5.41) is 0. The van der Waals surface area contributed by atoms with Crippen LogP contribution in [-0.4, -0.2) is 51.9 Å². The third-order valence-electron chi connectivity index (χ3n) is 4.37. The molecule has 1 fully saturated rings. The summed E-state index contributed by atoms with van der Waals surface area (Å²) in [6, 6.07) is 11.5. The fraction of sp³-hybridized carbons (Fsp3) is 0.263. The highest BCUT2D eigenvalue weighted by Gasteiger charge is 2.29. The van der Waals surface area contributed by atoms with E-state index in [2.05, 4.69) is 6.58 Å². The van der Waals surface area contributed by atoms with Crippen LogP contribution in [0, 0.1) is 0 Å². The molecular weight excluding hydrogens is 302 g/mol. The average Bonchev–Trinajstić information content (AvgIpc) is 3.15. The molecule has 0 spiro atoms. The Morgan fingerprint density at radius 2 is 1.92 bits per heavy atom. The first kappa shape index (κ1) is 16.1. The molecule has 1 aromatic carbocycles. The summed E-state index contributed by atoms with van der Waals surface area (Å²) < 4.78 is 1.97. The number of rotatable bonds is 3. The molecule has 1 atom stereocenters. The van der Waals surface area contributed by atoms with Gasteiger partial charge in [-0.2, -0.15) is 0 Å². The van der Waals surface area contributed by atoms with Crippen molar-refractivity contribution in [2.75, 3.05) is 19.6 Å². The van der Waals surface area contributed by atoms with Gasteiger partial charge in [0.05, 0.1) is 0 Å². The van der Waals surface area contributed by atoms with Crippen LogP contribution >= 0.6 is 0 Å². The lowest BCUT2D eigenvalue weighted by Gasteiger charge is -2.39. The molecule has 0 unspecified atom stereocenters. The second kappa shape index (κ2) is 6.74. The zero-order valence-electron chi connectivity index (χ0n) is 13.8. The maximum atomic E-state index is 12.8. The monoisotopic (exact) mass is 323 g/mol. The molecule has 2 heterocycles. The lowest BCUT2D eigenvalue weighted by molar-refractivity contribution is -0.129. The van der Waals surface area contributed by atoms with E-state index < -0.39 is 0 Å². The van der Waals surface area contributed by atoms with Crippen molar-refractivity contribution in [3.8, 4) is 5.69 Å². The summed E-state index contributed by atoms with van der Waals surface area (Å²) in [4.78, 5) is 28.2. The first-order valence-corrected chi connectivity index (χ1v) is 8.06. The highest BCUT2D eigenvalue weighted by atomic mass is 16.2. The number of hydrogen-bond donors (Lipinski definition) is 0. The zero-order chi connectivity index (χ0) is 17.1. The van der Waals surface area contributed by atoms with Crippen molar-refractivity contribution in [1.82, 2.24) is 14.4 Å². The van der Waals surface area contributed by atoms with Gasteiger partial charge in [0.2, 0.25) is 5.91 Å². The summed E-state index contributed by atoms with van der Waals surface area (Å²) >= 11 is 0. The van der Waals surface area contributed by atoms with Crippen molar-refractivity contribution < 1.29 is 9.59 Å². The van der Waals surface area contributed by atoms with Crippen molar-refractivity contribution in [3.05, 3.63) is 67.0 Å². The molecule has 0 aliphatic carbocycles. The fourth-order valence-corrected chi connectivity index (χ4v) is 3.08. The van der Waals surface area contributed by atoms with Crippen LogP contribution in [-0.2, 0) is 4.79 Å². The number of piperazine rings is 1. The molecule has 24 heavy (non-hydrogen) atoms. The lowest BCUT2D eigenvalue weighted by atomic mass is 10.1. The number of carbonyl (C=O) groups excluding carboxylic acids is 2. The molecule has 0 radical (unpaired) electrons. The van der Waals surface area contributed by atoms with Crippen molar-refractivity contribution in [3.63, 3.8) is 0 Å². The van der Waals surface area contributed by atoms with Crippen LogP contribution in [0.1, 0.15) is 17.3 Å². The third-order valence-corrected chi connectivity index (χ3v) is 4.37. The van der Waals surface area contributed by atoms with Gasteiger partial charge in [-0.15, -0.1) is 0 Å². The summed E-state index contributed by atoms with van der Waals surface area (Å²) in [6.45, 7) is 7.10. The van der Waals surface area contributed by atoms with E-state index in [9.17, 15) is 9.59 Å². The molecule has 2 amide bonds. The Morgan fingerprint density at radius 1 is 1.17 bits per heavy atom. The number of benzene rings is 1. The molecule has 0 N–H and O–H groups in total. The summed E-state index contributed by atoms with van der Waals surface area (Å²) in [7, 11) is 0. The molecule has 0 saturated carbocycles. The van der Waals surface area contributed by atoms with Crippen LogP contribution < -0.4 is 0 Å². The van der Waals surface area contributed by atoms with Crippen LogP contribution in [0.4, 0.5) is 0 Å². The van der Waals surface area contributed by atoms with Gasteiger partial charge < -0.3 is 14.4 Å². The minimum Gasteiger partial charge on any atom is -0.335 e. The van der Waals surface area contributed by atoms with Gasteiger partial charge in [0.1, 0.15) is 0 Å². The minimum atomic E-state index is -0.0794. The molecule has 1 aliphatic rings. The number of carbonyl (C=O) groups is 2. The predicted octanol–water partition coefficient (Wildman–Crippen LogP) is 2.34. The zero-order valence-corrected chi connectivity index (χ0v) is 13.8. The first-order valence-electron chi connectivity index (χ1n) is 8.06. The van der Waals surface area contributed by atoms with Gasteiger partial charge >= 0.3 is 0 Å². The second-order valence-electron chi connectivity index (χ2n) is 5.98. The normalized spacial score (nSPS) is 17.6. The Labute approximate surface area is 141 Å². The van der Waals surface area contributed by atoms with Gasteiger partial charge in [0.25, 0.3) is 5.91 Å². The first-order chi connectivity index (χ1) is 11.6. The average molecular weight is 323 g/mol. The van der Waals surface area contributed by atoms with Gasteiger partial charge in [0, 0.05) is 49.3 Å². The van der Waals surface area contributed by atoms with Crippen LogP contribution in [0.15, 0.2) is 61.4 Å². The van der Waals surface area contributed by atoms with Crippen LogP contribution in [0.3, 0.4) is 0 Å². The summed E-state index contributed by atoms with van der Waals surface area (Å²) in [6.07, 6.45) is 5.23. The number of amides is 2. The van der Waals surface area contributed by atoms with E-state index in [0.717, 1.165) is 5.69 Å². The molecule has 3 rings (SSSR count). The molecule has 124 valence electrons. The van der Waals surface area contributed by atoms with Gasteiger partial charge in [-0.1, -0.05) is 12.6 Å². The number of aromatic nitrogens is 1. The van der Waals surface area contributed by atoms with Crippen molar-refractivity contribution in [2.45, 2.75) is 13.0 Å². The van der Waals surface area contributed by atoms with E-state index in [1.807, 2.05) is 65.2 Å². The van der Waals surface area contributed by atoms with Crippen LogP contribution in [0.5, 0.6) is 0 Å². The van der Waals surface area contributed by atoms with Crippen molar-refractivity contribution >= 4 is 11.8 Å². The van der Waals surface area contributed by atoms with Gasteiger partial charge in [-0.25, -0.2) is 0 Å². The smallest absolute Gasteiger partial charge is 0.254 e. The van der Waals surface area contributed by atoms with E-state index in [1.54, 1.807) is 4.90 Å². The Bertz CT molecular complexity index is 752. The fourth-order valence-electron chi connectivity index (χ4n) is 3.08. The number of nitrogens with zero attached hydrogens (tertiary/aromatic N) is 3. The Hall–Kier alpha value is -2.82. The van der Waals surface area contributed by atoms with Crippen molar-refractivity contribution in [2.24, 2.45) is 0 Å². The van der Waals surface area contributed by atoms with E-state index in [1.165, 1.54) is 6.08 Å². The molecule has 0 bridgehead atoms. The van der Waals surface area contributed by atoms with Crippen LogP contribution in [0.2, 0.25) is 0 Å². The number of hydrogen-bond acceptors (Lipinski definition) is 2. The highest BCUT2D eigenvalue weighted by Crippen LogP contribution is 2.16. The maximum Gasteiger partial charge on any atom is 0.254 e. The minimum absolute atomic E-state index is 0.00144. The largest absolute Gasteiger partial charge is 0.335 e. The summed E-state index contributed by atoms with van der Waals surface area (Å²) in [5.74, 6) is -0.0780. The Kier molecular flexibility index (Phi) is 4.51. The van der Waals surface area contributed by atoms with Crippen LogP contribution in [0.25, 0.3) is 5.69 Å². The molecule has 1 aromatic heterocycles. The van der Waals surface area contributed by atoms with E-state index in [4.69, 9.17) is 0 Å². The standard InChI is InChI=1S/C19H21N3O2/c1-3-18(23)22-12-11-21(14-15(22)2)19(24)16-7-6-8-17(13-16)20-9-4-5-10-20/h3-10,13,15H,1,11-12,14H2,2H3/t15-/m1/s1. The van der Waals surface area contributed by atoms with E-state index in [-0.39, 0.29) is 17.9 Å². The van der Waals surface area contributed by atoms with E-state index in [0.29, 0.717) is 25.2 Å². The molecule has 5 nitrogen and oxygen atoms in total. The lowest BCUT2D eigenvalue weighted by Crippen LogP contribution is -2.55. The third kappa shape index (κ3) is 3.11. The van der Waals surface area contributed by atoms with E-state index >= 15 is 0 Å². The van der Waals surface area contributed by atoms with Gasteiger partial charge in [-0.3, -0.25) is 9.59 Å². The topological polar surface area (TPSA) is 45.6 Å². The molecule has 2 aromatic rings. The summed E-state index contributed by atoms with van der Waals surface area (Å²) in [5.41, 5.74) is 1.62. The maximum absolute atomic E-state index is 12.8. The predicted molar refractivity (Wildman–Crippen MR) is 93.0 cm³/mol. The molecular formula is C19H21N3O2. The Balaban J connectivity index is 1.75. The van der Waals surface area contributed by atoms with Gasteiger partial charge in [-0.05, 0) is 43.3 Å².